The van der Waals surface area contributed by atoms with E-state index < -0.39 is 5.97 Å². The number of nitrogens with zero attached hydrogens (tertiary/aromatic N) is 1. The van der Waals surface area contributed by atoms with Crippen molar-refractivity contribution in [2.45, 2.75) is 13.8 Å². The van der Waals surface area contributed by atoms with Crippen molar-refractivity contribution in [3.8, 4) is 5.75 Å². The molecule has 1 aliphatic rings. The van der Waals surface area contributed by atoms with Crippen molar-refractivity contribution < 1.29 is 19.1 Å². The highest BCUT2D eigenvalue weighted by Gasteiger charge is 2.37. The molecule has 0 aromatic heterocycles. The molecule has 1 heterocycles. The summed E-state index contributed by atoms with van der Waals surface area (Å²) in [4.78, 5) is 27.1. The minimum atomic E-state index is -0.542. The Morgan fingerprint density at radius 2 is 1.74 bits per heavy atom. The zero-order valence-electron chi connectivity index (χ0n) is 15.6. The van der Waals surface area contributed by atoms with Crippen LogP contribution < -0.4 is 9.64 Å². The van der Waals surface area contributed by atoms with Crippen LogP contribution in [0.1, 0.15) is 19.4 Å². The van der Waals surface area contributed by atoms with Gasteiger partial charge in [-0.25, -0.2) is 4.79 Å². The van der Waals surface area contributed by atoms with Gasteiger partial charge in [0.2, 0.25) is 0 Å². The molecule has 0 saturated carbocycles. The second-order valence-electron chi connectivity index (χ2n) is 5.96. The van der Waals surface area contributed by atoms with Crippen molar-refractivity contribution in [2.75, 3.05) is 18.6 Å². The smallest absolute Gasteiger partial charge is 0.340 e. The molecule has 0 radical (unpaired) electrons. The summed E-state index contributed by atoms with van der Waals surface area (Å²) in [5.74, 6) is -0.162. The number of esters is 1. The SMILES string of the molecule is CCOc1ccccc1/C=C1\C(=O)N(c2ccccc2)C(C)=C1C(=O)OC. The van der Waals surface area contributed by atoms with Crippen molar-refractivity contribution in [2.24, 2.45) is 0 Å². The van der Waals surface area contributed by atoms with Gasteiger partial charge in [-0.05, 0) is 38.1 Å². The van der Waals surface area contributed by atoms with E-state index in [0.717, 1.165) is 5.56 Å². The molecule has 1 amide bonds. The maximum atomic E-state index is 13.2. The molecule has 0 unspecified atom stereocenters. The van der Waals surface area contributed by atoms with E-state index >= 15 is 0 Å². The predicted octanol–water partition coefficient (Wildman–Crippen LogP) is 3.96. The second-order valence-corrected chi connectivity index (χ2v) is 5.96. The highest BCUT2D eigenvalue weighted by molar-refractivity contribution is 6.23. The molecule has 0 spiro atoms. The Balaban J connectivity index is 2.14. The molecule has 27 heavy (non-hydrogen) atoms. The average molecular weight is 363 g/mol. The number of anilines is 1. The van der Waals surface area contributed by atoms with Crippen LogP contribution in [0.15, 0.2) is 71.4 Å². The third kappa shape index (κ3) is 3.49. The van der Waals surface area contributed by atoms with Crippen LogP contribution in [0.2, 0.25) is 0 Å². The molecule has 3 rings (SSSR count). The molecule has 1 aliphatic heterocycles. The molecule has 0 atom stereocenters. The second kappa shape index (κ2) is 7.91. The van der Waals surface area contributed by atoms with E-state index in [2.05, 4.69) is 0 Å². The molecule has 0 N–H and O–H groups in total. The van der Waals surface area contributed by atoms with E-state index in [1.807, 2.05) is 61.5 Å². The summed E-state index contributed by atoms with van der Waals surface area (Å²) in [5, 5.41) is 0. The van der Waals surface area contributed by atoms with Crippen LogP contribution in [0, 0.1) is 0 Å². The highest BCUT2D eigenvalue weighted by Crippen LogP contribution is 2.36. The van der Waals surface area contributed by atoms with Crippen molar-refractivity contribution in [1.29, 1.82) is 0 Å². The normalized spacial score (nSPS) is 15.4. The molecule has 2 aromatic carbocycles. The molecule has 5 heteroatoms. The molecule has 2 aromatic rings. The minimum Gasteiger partial charge on any atom is -0.493 e. The van der Waals surface area contributed by atoms with Crippen molar-refractivity contribution in [1.82, 2.24) is 0 Å². The van der Waals surface area contributed by atoms with E-state index in [1.165, 1.54) is 12.0 Å². The molecular formula is C22H21NO4. The largest absolute Gasteiger partial charge is 0.493 e. The summed E-state index contributed by atoms with van der Waals surface area (Å²) in [6.07, 6.45) is 1.69. The molecule has 0 saturated heterocycles. The predicted molar refractivity (Wildman–Crippen MR) is 104 cm³/mol. The molecule has 138 valence electrons. The molecule has 0 fully saturated rings. The number of para-hydroxylation sites is 2. The Morgan fingerprint density at radius 1 is 1.07 bits per heavy atom. The molecule has 0 aliphatic carbocycles. The Kier molecular flexibility index (Phi) is 5.41. The molecule has 0 bridgehead atoms. The van der Waals surface area contributed by atoms with Crippen LogP contribution in [-0.4, -0.2) is 25.6 Å². The van der Waals surface area contributed by atoms with Gasteiger partial charge < -0.3 is 9.47 Å². The van der Waals surface area contributed by atoms with Gasteiger partial charge in [0.25, 0.3) is 5.91 Å². The third-order valence-electron chi connectivity index (χ3n) is 4.32. The van der Waals surface area contributed by atoms with Crippen molar-refractivity contribution in [3.05, 3.63) is 77.0 Å². The quantitative estimate of drug-likeness (QED) is 0.596. The monoisotopic (exact) mass is 363 g/mol. The van der Waals surface area contributed by atoms with E-state index in [9.17, 15) is 9.59 Å². The average Bonchev–Trinajstić information content (AvgIpc) is 2.93. The number of rotatable bonds is 5. The zero-order valence-corrected chi connectivity index (χ0v) is 15.6. The van der Waals surface area contributed by atoms with Gasteiger partial charge in [0.15, 0.2) is 0 Å². The summed E-state index contributed by atoms with van der Waals surface area (Å²) in [5.41, 5.74) is 2.51. The number of benzene rings is 2. The van der Waals surface area contributed by atoms with E-state index in [4.69, 9.17) is 9.47 Å². The standard InChI is InChI=1S/C22H21NO4/c1-4-27-19-13-9-8-10-16(19)14-18-20(22(25)26-3)15(2)23(21(18)24)17-11-6-5-7-12-17/h5-14H,4H2,1-3H3/b18-14-. The first-order valence-corrected chi connectivity index (χ1v) is 8.71. The zero-order chi connectivity index (χ0) is 19.4. The Hall–Kier alpha value is -3.34. The van der Waals surface area contributed by atoms with E-state index in [-0.39, 0.29) is 17.1 Å². The maximum Gasteiger partial charge on any atom is 0.340 e. The van der Waals surface area contributed by atoms with Gasteiger partial charge in [0, 0.05) is 16.9 Å². The lowest BCUT2D eigenvalue weighted by Crippen LogP contribution is -2.24. The van der Waals surface area contributed by atoms with Gasteiger partial charge in [-0.3, -0.25) is 9.69 Å². The van der Waals surface area contributed by atoms with Crippen LogP contribution >= 0.6 is 0 Å². The van der Waals surface area contributed by atoms with Crippen LogP contribution in [0.3, 0.4) is 0 Å². The number of methoxy groups -OCH3 is 1. The first-order chi connectivity index (χ1) is 13.1. The lowest BCUT2D eigenvalue weighted by Gasteiger charge is -2.17. The fraction of sp³-hybridized carbons (Fsp3) is 0.182. The third-order valence-corrected chi connectivity index (χ3v) is 4.32. The Labute approximate surface area is 158 Å². The number of ether oxygens (including phenoxy) is 2. The van der Waals surface area contributed by atoms with Crippen LogP contribution in [0.25, 0.3) is 6.08 Å². The van der Waals surface area contributed by atoms with Gasteiger partial charge in [0.1, 0.15) is 5.75 Å². The van der Waals surface area contributed by atoms with Crippen molar-refractivity contribution >= 4 is 23.6 Å². The fourth-order valence-corrected chi connectivity index (χ4v) is 3.11. The lowest BCUT2D eigenvalue weighted by molar-refractivity contribution is -0.136. The number of hydrogen-bond donors (Lipinski definition) is 0. The van der Waals surface area contributed by atoms with Gasteiger partial charge in [-0.1, -0.05) is 36.4 Å². The number of amides is 1. The molecule has 5 nitrogen and oxygen atoms in total. The summed E-state index contributed by atoms with van der Waals surface area (Å²) < 4.78 is 10.6. The Morgan fingerprint density at radius 3 is 2.41 bits per heavy atom. The van der Waals surface area contributed by atoms with Gasteiger partial charge in [0.05, 0.1) is 24.9 Å². The summed E-state index contributed by atoms with van der Waals surface area (Å²) >= 11 is 0. The summed E-state index contributed by atoms with van der Waals surface area (Å²) in [6.45, 7) is 4.14. The first-order valence-electron chi connectivity index (χ1n) is 8.71. The van der Waals surface area contributed by atoms with Gasteiger partial charge in [-0.15, -0.1) is 0 Å². The topological polar surface area (TPSA) is 55.8 Å². The first kappa shape index (κ1) is 18.5. The number of allylic oxidation sites excluding steroid dienone is 1. The van der Waals surface area contributed by atoms with Crippen LogP contribution in [0.5, 0.6) is 5.75 Å². The van der Waals surface area contributed by atoms with Gasteiger partial charge in [-0.2, -0.15) is 0 Å². The summed E-state index contributed by atoms with van der Waals surface area (Å²) in [7, 11) is 1.31. The van der Waals surface area contributed by atoms with E-state index in [1.54, 1.807) is 13.0 Å². The van der Waals surface area contributed by atoms with Crippen LogP contribution in [-0.2, 0) is 14.3 Å². The summed E-state index contributed by atoms with van der Waals surface area (Å²) in [6, 6.07) is 16.6. The molecular weight excluding hydrogens is 342 g/mol. The maximum absolute atomic E-state index is 13.2. The highest BCUT2D eigenvalue weighted by atomic mass is 16.5. The van der Waals surface area contributed by atoms with E-state index in [0.29, 0.717) is 23.7 Å². The number of carbonyl (C=O) groups excluding carboxylic acids is 2. The lowest BCUT2D eigenvalue weighted by atomic mass is 10.0. The van der Waals surface area contributed by atoms with Crippen LogP contribution in [0.4, 0.5) is 5.69 Å². The van der Waals surface area contributed by atoms with Gasteiger partial charge >= 0.3 is 5.97 Å². The van der Waals surface area contributed by atoms with Crippen molar-refractivity contribution in [3.63, 3.8) is 0 Å². The fourth-order valence-electron chi connectivity index (χ4n) is 3.11. The minimum absolute atomic E-state index is 0.262. The number of hydrogen-bond acceptors (Lipinski definition) is 4. The Bertz CT molecular complexity index is 928. The number of carbonyl (C=O) groups is 2.